The number of carbonyl (C=O) groups excluding carboxylic acids is 4. The number of nitrogens with zero attached hydrogens (tertiary/aromatic N) is 2. The zero-order valence-electron chi connectivity index (χ0n) is 35.8. The lowest BCUT2D eigenvalue weighted by Gasteiger charge is -2.20. The van der Waals surface area contributed by atoms with Crippen molar-refractivity contribution in [2.75, 3.05) is 11.5 Å². The zero-order valence-corrected chi connectivity index (χ0v) is 35.8. The number of aromatic nitrogens is 2. The first-order chi connectivity index (χ1) is 28.3. The lowest BCUT2D eigenvalue weighted by atomic mass is 9.92. The van der Waals surface area contributed by atoms with Crippen molar-refractivity contribution in [3.05, 3.63) is 119 Å². The molecular formula is C48H67N7O4. The van der Waals surface area contributed by atoms with Crippen molar-refractivity contribution in [1.82, 2.24) is 20.6 Å². The van der Waals surface area contributed by atoms with E-state index in [0.717, 1.165) is 66.6 Å². The Morgan fingerprint density at radius 2 is 1.03 bits per heavy atom. The van der Waals surface area contributed by atoms with E-state index in [1.807, 2.05) is 74.5 Å². The van der Waals surface area contributed by atoms with E-state index in [-0.39, 0.29) is 29.3 Å². The van der Waals surface area contributed by atoms with Crippen LogP contribution in [0.15, 0.2) is 84.9 Å². The summed E-state index contributed by atoms with van der Waals surface area (Å²) in [4.78, 5) is 58.7. The minimum absolute atomic E-state index is 0.00334. The van der Waals surface area contributed by atoms with Gasteiger partial charge in [-0.25, -0.2) is 9.97 Å². The first kappa shape index (κ1) is 48.0. The van der Waals surface area contributed by atoms with Gasteiger partial charge in [0.25, 0.3) is 0 Å². The lowest BCUT2D eigenvalue weighted by molar-refractivity contribution is -0.130. The molecule has 0 unspecified atom stereocenters. The molecule has 0 saturated carbocycles. The fourth-order valence-corrected chi connectivity index (χ4v) is 6.82. The largest absolute Gasteiger partial charge is 0.384 e. The highest BCUT2D eigenvalue weighted by molar-refractivity contribution is 5.91. The molecule has 11 nitrogen and oxygen atoms in total. The maximum atomic E-state index is 13.0. The van der Waals surface area contributed by atoms with Gasteiger partial charge in [0, 0.05) is 30.1 Å². The predicted molar refractivity (Wildman–Crippen MR) is 238 cm³/mol. The third kappa shape index (κ3) is 17.9. The van der Waals surface area contributed by atoms with Gasteiger partial charge in [0.15, 0.2) is 11.6 Å². The van der Waals surface area contributed by atoms with Gasteiger partial charge in [0.2, 0.25) is 11.8 Å². The van der Waals surface area contributed by atoms with Crippen LogP contribution in [0.1, 0.15) is 112 Å². The minimum atomic E-state index is -0.635. The molecule has 4 aromatic rings. The van der Waals surface area contributed by atoms with Crippen LogP contribution in [0.5, 0.6) is 0 Å². The van der Waals surface area contributed by atoms with E-state index in [1.165, 1.54) is 18.4 Å². The van der Waals surface area contributed by atoms with Gasteiger partial charge < -0.3 is 27.8 Å². The molecule has 0 bridgehead atoms. The number of hydrogen-bond acceptors (Lipinski definition) is 9. The second kappa shape index (κ2) is 25.8. The highest BCUT2D eigenvalue weighted by Gasteiger charge is 2.23. The van der Waals surface area contributed by atoms with Gasteiger partial charge in [-0.05, 0) is 107 Å². The van der Waals surface area contributed by atoms with E-state index >= 15 is 0 Å². The number of pyridine rings is 2. The SMILES string of the molecule is CCCCCC[C@H](CCc1ccccc1)C(=O)N[C@@H](C)C(=O)CCc1ccc(N)nc1C.Cc1nc(N)ccc1CCC(=O)[C@H](C)NC(=O)[C@H](N)CCc1ccccc1. The van der Waals surface area contributed by atoms with Gasteiger partial charge in [-0.2, -0.15) is 0 Å². The van der Waals surface area contributed by atoms with E-state index < -0.39 is 18.1 Å². The topological polar surface area (TPSA) is 196 Å². The van der Waals surface area contributed by atoms with Crippen LogP contribution in [0.4, 0.5) is 11.6 Å². The van der Waals surface area contributed by atoms with Crippen molar-refractivity contribution in [2.24, 2.45) is 11.7 Å². The maximum absolute atomic E-state index is 13.0. The molecule has 11 heteroatoms. The summed E-state index contributed by atoms with van der Waals surface area (Å²) in [7, 11) is 0. The fraction of sp³-hybridized carbons (Fsp3) is 0.458. The number of nitrogen functional groups attached to an aromatic ring is 2. The molecule has 8 N–H and O–H groups in total. The number of unbranched alkanes of at least 4 members (excludes halogenated alkanes) is 3. The molecule has 2 aromatic heterocycles. The summed E-state index contributed by atoms with van der Waals surface area (Å²) in [5.41, 5.74) is 23.4. The lowest BCUT2D eigenvalue weighted by Crippen LogP contribution is -2.47. The van der Waals surface area contributed by atoms with Crippen molar-refractivity contribution >= 4 is 35.0 Å². The molecule has 0 aliphatic rings. The normalized spacial score (nSPS) is 12.9. The van der Waals surface area contributed by atoms with E-state index in [4.69, 9.17) is 17.2 Å². The van der Waals surface area contributed by atoms with Crippen molar-refractivity contribution < 1.29 is 19.2 Å². The van der Waals surface area contributed by atoms with Gasteiger partial charge in [0.05, 0.1) is 18.1 Å². The van der Waals surface area contributed by atoms with Crippen LogP contribution in [0.25, 0.3) is 0 Å². The zero-order chi connectivity index (χ0) is 43.2. The summed E-state index contributed by atoms with van der Waals surface area (Å²) in [5, 5.41) is 5.72. The summed E-state index contributed by atoms with van der Waals surface area (Å²) in [5.74, 6) is 0.607. The molecule has 2 heterocycles. The highest BCUT2D eigenvalue weighted by Crippen LogP contribution is 2.19. The van der Waals surface area contributed by atoms with Gasteiger partial charge >= 0.3 is 0 Å². The summed E-state index contributed by atoms with van der Waals surface area (Å²) < 4.78 is 0. The number of benzene rings is 2. The molecular weight excluding hydrogens is 739 g/mol. The smallest absolute Gasteiger partial charge is 0.237 e. The Morgan fingerprint density at radius 1 is 0.576 bits per heavy atom. The van der Waals surface area contributed by atoms with Crippen LogP contribution < -0.4 is 27.8 Å². The van der Waals surface area contributed by atoms with Crippen molar-refractivity contribution in [3.8, 4) is 0 Å². The quantitative estimate of drug-likeness (QED) is 0.0484. The molecule has 0 aliphatic heterocycles. The molecule has 0 radical (unpaired) electrons. The highest BCUT2D eigenvalue weighted by atomic mass is 16.2. The van der Waals surface area contributed by atoms with Gasteiger partial charge in [0.1, 0.15) is 11.6 Å². The third-order valence-electron chi connectivity index (χ3n) is 10.7. The molecule has 4 atom stereocenters. The molecule has 2 amide bonds. The van der Waals surface area contributed by atoms with Gasteiger partial charge in [-0.15, -0.1) is 0 Å². The molecule has 2 aromatic carbocycles. The Morgan fingerprint density at radius 3 is 1.49 bits per heavy atom. The summed E-state index contributed by atoms with van der Waals surface area (Å²) in [6.07, 6.45) is 10.2. The number of amides is 2. The number of carbonyl (C=O) groups is 4. The van der Waals surface area contributed by atoms with Crippen LogP contribution in [-0.2, 0) is 44.9 Å². The minimum Gasteiger partial charge on any atom is -0.384 e. The van der Waals surface area contributed by atoms with E-state index in [2.05, 4.69) is 39.7 Å². The van der Waals surface area contributed by atoms with Crippen LogP contribution in [-0.4, -0.2) is 51.5 Å². The second-order valence-corrected chi connectivity index (χ2v) is 15.6. The number of anilines is 2. The predicted octanol–water partition coefficient (Wildman–Crippen LogP) is 7.14. The Hall–Kier alpha value is -5.42. The van der Waals surface area contributed by atoms with E-state index in [0.29, 0.717) is 43.7 Å². The van der Waals surface area contributed by atoms with Crippen LogP contribution >= 0.6 is 0 Å². The standard InChI is InChI=1S/C27H39N3O2.C21H28N4O2/c1-4-5-6-10-13-24(15-14-22-11-8-7-9-12-22)27(32)30-21(3)25(31)18-16-23-17-19-26(28)29-20(23)2;1-14-17(10-13-20(23)24-14)9-12-19(26)15(2)25-21(27)18(22)11-8-16-6-4-3-5-7-16/h7-9,11-12,17,19,21,24H,4-6,10,13-16,18H2,1-3H3,(H2,28,29)(H,30,32);3-7,10,13,15,18H,8-9,11-12,22H2,1-2H3,(H2,23,24)(H,25,27)/t21-,24+;15-,18+/m00/s1. The molecule has 0 fully saturated rings. The Labute approximate surface area is 351 Å². The second-order valence-electron chi connectivity index (χ2n) is 15.6. The monoisotopic (exact) mass is 806 g/mol. The molecule has 318 valence electrons. The summed E-state index contributed by atoms with van der Waals surface area (Å²) in [6, 6.07) is 25.8. The number of Topliss-reactive ketones (excluding diaryl/α,β-unsaturated/α-hetero) is 2. The van der Waals surface area contributed by atoms with E-state index in [9.17, 15) is 19.2 Å². The average Bonchev–Trinajstić information content (AvgIpc) is 3.22. The molecule has 4 rings (SSSR count). The van der Waals surface area contributed by atoms with Crippen LogP contribution in [0.2, 0.25) is 0 Å². The van der Waals surface area contributed by atoms with Crippen molar-refractivity contribution in [1.29, 1.82) is 0 Å². The first-order valence-electron chi connectivity index (χ1n) is 21.2. The molecule has 0 spiro atoms. The van der Waals surface area contributed by atoms with Crippen molar-refractivity contribution in [2.45, 2.75) is 136 Å². The first-order valence-corrected chi connectivity index (χ1v) is 21.2. The number of ketones is 2. The third-order valence-corrected chi connectivity index (χ3v) is 10.7. The van der Waals surface area contributed by atoms with Crippen LogP contribution in [0, 0.1) is 19.8 Å². The molecule has 0 saturated heterocycles. The Kier molecular flexibility index (Phi) is 21.0. The summed E-state index contributed by atoms with van der Waals surface area (Å²) in [6.45, 7) is 9.44. The molecule has 59 heavy (non-hydrogen) atoms. The maximum Gasteiger partial charge on any atom is 0.237 e. The summed E-state index contributed by atoms with van der Waals surface area (Å²) >= 11 is 0. The Bertz CT molecular complexity index is 1900. The van der Waals surface area contributed by atoms with Crippen LogP contribution in [0.3, 0.4) is 0 Å². The number of rotatable bonds is 23. The van der Waals surface area contributed by atoms with Gasteiger partial charge in [-0.3, -0.25) is 19.2 Å². The average molecular weight is 806 g/mol. The molecule has 0 aliphatic carbocycles. The number of nitrogens with two attached hydrogens (primary N) is 3. The van der Waals surface area contributed by atoms with Crippen molar-refractivity contribution in [3.63, 3.8) is 0 Å². The number of nitrogens with one attached hydrogen (secondary N) is 2. The fourth-order valence-electron chi connectivity index (χ4n) is 6.82. The van der Waals surface area contributed by atoms with E-state index in [1.54, 1.807) is 26.0 Å². The Balaban J connectivity index is 0.000000320. The number of hydrogen-bond donors (Lipinski definition) is 5. The number of aryl methyl sites for hydroxylation is 6. The van der Waals surface area contributed by atoms with Gasteiger partial charge in [-0.1, -0.05) is 105 Å².